The van der Waals surface area contributed by atoms with Crippen molar-refractivity contribution in [2.24, 2.45) is 28.9 Å². The molecule has 0 radical (unpaired) electrons. The number of carbonyl (C=O) groups is 7. The Bertz CT molecular complexity index is 1300. The molecular weight excluding hydrogens is 616 g/mol. The minimum atomic E-state index is -0.838. The van der Waals surface area contributed by atoms with Gasteiger partial charge in [0, 0.05) is 50.6 Å². The third-order valence-corrected chi connectivity index (χ3v) is 8.45. The molecule has 1 aliphatic heterocycles. The molecule has 1 aromatic rings. The monoisotopic (exact) mass is 670 g/mol. The predicted octanol–water partition coefficient (Wildman–Crippen LogP) is 4.01. The van der Waals surface area contributed by atoms with Crippen LogP contribution in [0.4, 0.5) is 4.79 Å². The van der Waals surface area contributed by atoms with Gasteiger partial charge < -0.3 is 21.1 Å². The number of benzene rings is 1. The summed E-state index contributed by atoms with van der Waals surface area (Å²) in [6.07, 6.45) is 3.16. The van der Waals surface area contributed by atoms with E-state index in [0.717, 1.165) is 11.1 Å². The van der Waals surface area contributed by atoms with E-state index in [1.54, 1.807) is 52.0 Å². The fourth-order valence-corrected chi connectivity index (χ4v) is 5.38. The van der Waals surface area contributed by atoms with E-state index in [-0.39, 0.29) is 92.3 Å². The van der Waals surface area contributed by atoms with E-state index in [2.05, 4.69) is 10.6 Å². The fraction of sp³-hybridized carbons (Fsp3) is 0.639. The minimum absolute atomic E-state index is 0.0372. The van der Waals surface area contributed by atoms with Gasteiger partial charge in [-0.25, -0.2) is 4.79 Å². The SMILES string of the molecule is CC1CC(=O)N(CCCCCC(=O)C[C@H](C(=O)N[C@@H](CCCNC(N)=O)C(=O)Cc2ccc(COC(=O)C(C)(C)C)cc2)C(C)C)C1=O. The van der Waals surface area contributed by atoms with E-state index in [1.165, 1.54) is 4.90 Å². The Hall–Kier alpha value is -4.09. The zero-order valence-corrected chi connectivity index (χ0v) is 29.4. The number of nitrogens with one attached hydrogen (secondary N) is 2. The highest BCUT2D eigenvalue weighted by molar-refractivity contribution is 6.03. The molecule has 2 rings (SSSR count). The third-order valence-electron chi connectivity index (χ3n) is 8.45. The van der Waals surface area contributed by atoms with Crippen LogP contribution in [0.3, 0.4) is 0 Å². The van der Waals surface area contributed by atoms with Gasteiger partial charge >= 0.3 is 12.0 Å². The molecule has 5 amide bonds. The number of unbranched alkanes of at least 4 members (excludes halogenated alkanes) is 2. The maximum atomic E-state index is 13.5. The third kappa shape index (κ3) is 13.6. The van der Waals surface area contributed by atoms with Gasteiger partial charge in [0.2, 0.25) is 17.7 Å². The molecule has 48 heavy (non-hydrogen) atoms. The highest BCUT2D eigenvalue weighted by Crippen LogP contribution is 2.22. The Morgan fingerprint density at radius 3 is 2.19 bits per heavy atom. The van der Waals surface area contributed by atoms with Crippen molar-refractivity contribution in [2.75, 3.05) is 13.1 Å². The number of rotatable bonds is 20. The van der Waals surface area contributed by atoms with E-state index >= 15 is 0 Å². The number of esters is 1. The molecular formula is C36H54N4O8. The second-order valence-electron chi connectivity index (χ2n) is 14.2. The van der Waals surface area contributed by atoms with Crippen LogP contribution in [-0.2, 0) is 46.5 Å². The second kappa shape index (κ2) is 19.0. The van der Waals surface area contributed by atoms with E-state index in [9.17, 15) is 33.6 Å². The number of urea groups is 1. The van der Waals surface area contributed by atoms with Crippen LogP contribution < -0.4 is 16.4 Å². The molecule has 1 aromatic carbocycles. The lowest BCUT2D eigenvalue weighted by Gasteiger charge is -2.24. The van der Waals surface area contributed by atoms with Crippen LogP contribution >= 0.6 is 0 Å². The Morgan fingerprint density at radius 2 is 1.62 bits per heavy atom. The molecule has 0 bridgehead atoms. The normalized spacial score (nSPS) is 16.1. The number of ether oxygens (including phenoxy) is 1. The number of amides is 5. The van der Waals surface area contributed by atoms with Gasteiger partial charge in [0.15, 0.2) is 5.78 Å². The lowest BCUT2D eigenvalue weighted by molar-refractivity contribution is -0.154. The molecule has 1 fully saturated rings. The van der Waals surface area contributed by atoms with Gasteiger partial charge in [-0.2, -0.15) is 0 Å². The number of carbonyl (C=O) groups excluding carboxylic acids is 7. The first-order valence-electron chi connectivity index (χ1n) is 17.0. The van der Waals surface area contributed by atoms with Crippen molar-refractivity contribution in [3.05, 3.63) is 35.4 Å². The topological polar surface area (TPSA) is 182 Å². The summed E-state index contributed by atoms with van der Waals surface area (Å²) in [5, 5.41) is 5.37. The van der Waals surface area contributed by atoms with E-state index in [4.69, 9.17) is 10.5 Å². The average Bonchev–Trinajstić information content (AvgIpc) is 3.25. The molecule has 0 aliphatic carbocycles. The largest absolute Gasteiger partial charge is 0.460 e. The Morgan fingerprint density at radius 1 is 0.979 bits per heavy atom. The zero-order valence-electron chi connectivity index (χ0n) is 29.4. The van der Waals surface area contributed by atoms with Gasteiger partial charge in [0.1, 0.15) is 12.4 Å². The summed E-state index contributed by atoms with van der Waals surface area (Å²) in [4.78, 5) is 88.3. The summed E-state index contributed by atoms with van der Waals surface area (Å²) in [5.74, 6) is -2.32. The number of primary amides is 1. The van der Waals surface area contributed by atoms with Crippen LogP contribution in [0.1, 0.15) is 104 Å². The average molecular weight is 671 g/mol. The molecule has 4 N–H and O–H groups in total. The van der Waals surface area contributed by atoms with Gasteiger partial charge in [0.25, 0.3) is 0 Å². The number of likely N-dealkylation sites (tertiary alicyclic amines) is 1. The van der Waals surface area contributed by atoms with Gasteiger partial charge in [-0.1, -0.05) is 51.5 Å². The molecule has 266 valence electrons. The summed E-state index contributed by atoms with van der Waals surface area (Å²) in [6, 6.07) is 5.62. The summed E-state index contributed by atoms with van der Waals surface area (Å²) < 4.78 is 5.36. The van der Waals surface area contributed by atoms with Gasteiger partial charge in [0.05, 0.1) is 11.5 Å². The molecule has 1 saturated heterocycles. The van der Waals surface area contributed by atoms with E-state index in [1.807, 2.05) is 13.8 Å². The highest BCUT2D eigenvalue weighted by atomic mass is 16.5. The molecule has 1 heterocycles. The summed E-state index contributed by atoms with van der Waals surface area (Å²) >= 11 is 0. The first kappa shape index (κ1) is 40.1. The van der Waals surface area contributed by atoms with Crippen LogP contribution in [0.5, 0.6) is 0 Å². The summed E-state index contributed by atoms with van der Waals surface area (Å²) in [6.45, 7) is 11.5. The van der Waals surface area contributed by atoms with Crippen LogP contribution in [0, 0.1) is 23.2 Å². The van der Waals surface area contributed by atoms with Crippen LogP contribution in [0.25, 0.3) is 0 Å². The van der Waals surface area contributed by atoms with Crippen molar-refractivity contribution in [1.82, 2.24) is 15.5 Å². The number of imide groups is 1. The fourth-order valence-electron chi connectivity index (χ4n) is 5.38. The quantitative estimate of drug-likeness (QED) is 0.106. The van der Waals surface area contributed by atoms with Gasteiger partial charge in [-0.3, -0.25) is 33.7 Å². The van der Waals surface area contributed by atoms with Crippen molar-refractivity contribution in [3.8, 4) is 0 Å². The molecule has 12 nitrogen and oxygen atoms in total. The Labute approximate surface area is 284 Å². The van der Waals surface area contributed by atoms with Crippen LogP contribution in [0.2, 0.25) is 0 Å². The molecule has 3 atom stereocenters. The number of nitrogens with zero attached hydrogens (tertiary/aromatic N) is 1. The lowest BCUT2D eigenvalue weighted by Crippen LogP contribution is -2.46. The predicted molar refractivity (Wildman–Crippen MR) is 180 cm³/mol. The number of hydrogen-bond donors (Lipinski definition) is 3. The standard InChI is InChI=1S/C36H54N4O8/c1-23(2)28(21-27(41)11-8-7-9-18-40-31(43)19-24(3)33(40)45)32(44)39-29(12-10-17-38-35(37)47)30(42)20-25-13-15-26(16-14-25)22-48-34(46)36(4,5)6/h13-16,23-24,28-29H,7-12,17-22H2,1-6H3,(H,39,44)(H3,37,38,47)/t24?,28-,29-/m0/s1. The molecule has 12 heteroatoms. The maximum absolute atomic E-state index is 13.5. The molecule has 0 saturated carbocycles. The first-order valence-corrected chi connectivity index (χ1v) is 17.0. The van der Waals surface area contributed by atoms with Crippen molar-refractivity contribution in [1.29, 1.82) is 0 Å². The minimum Gasteiger partial charge on any atom is -0.460 e. The smallest absolute Gasteiger partial charge is 0.312 e. The van der Waals surface area contributed by atoms with E-state index < -0.39 is 23.4 Å². The lowest BCUT2D eigenvalue weighted by atomic mass is 9.88. The van der Waals surface area contributed by atoms with E-state index in [0.29, 0.717) is 32.2 Å². The molecule has 1 aliphatic rings. The molecule has 0 spiro atoms. The zero-order chi connectivity index (χ0) is 36.0. The summed E-state index contributed by atoms with van der Waals surface area (Å²) in [5.41, 5.74) is 6.06. The number of Topliss-reactive ketones (excluding diaryl/α,β-unsaturated/α-hetero) is 2. The first-order chi connectivity index (χ1) is 22.5. The van der Waals surface area contributed by atoms with Crippen molar-refractivity contribution in [2.45, 2.75) is 112 Å². The van der Waals surface area contributed by atoms with Crippen molar-refractivity contribution >= 4 is 41.3 Å². The van der Waals surface area contributed by atoms with Crippen LogP contribution in [-0.4, -0.2) is 65.3 Å². The van der Waals surface area contributed by atoms with Crippen LogP contribution in [0.15, 0.2) is 24.3 Å². The molecule has 1 unspecified atom stereocenters. The highest BCUT2D eigenvalue weighted by Gasteiger charge is 2.35. The Kier molecular flexibility index (Phi) is 15.9. The van der Waals surface area contributed by atoms with Gasteiger partial charge in [-0.15, -0.1) is 0 Å². The second-order valence-corrected chi connectivity index (χ2v) is 14.2. The number of ketones is 2. The molecule has 0 aromatic heterocycles. The van der Waals surface area contributed by atoms with Crippen molar-refractivity contribution < 1.29 is 38.3 Å². The van der Waals surface area contributed by atoms with Gasteiger partial charge in [-0.05, 0) is 63.5 Å². The summed E-state index contributed by atoms with van der Waals surface area (Å²) in [7, 11) is 0. The number of nitrogens with two attached hydrogens (primary N) is 1. The number of hydrogen-bond acceptors (Lipinski definition) is 8. The Balaban J connectivity index is 1.95. The maximum Gasteiger partial charge on any atom is 0.312 e. The van der Waals surface area contributed by atoms with Crippen molar-refractivity contribution in [3.63, 3.8) is 0 Å².